The monoisotopic (exact) mass is 277 g/mol. The summed E-state index contributed by atoms with van der Waals surface area (Å²) in [7, 11) is 3.83. The second-order valence-corrected chi connectivity index (χ2v) is 4.98. The summed E-state index contributed by atoms with van der Waals surface area (Å²) in [5.74, 6) is 1.97. The molecule has 4 nitrogen and oxygen atoms in total. The van der Waals surface area contributed by atoms with E-state index in [1.54, 1.807) is 6.07 Å². The van der Waals surface area contributed by atoms with Crippen LogP contribution >= 0.6 is 11.6 Å². The Morgan fingerprint density at radius 2 is 1.68 bits per heavy atom. The second-order valence-electron chi connectivity index (χ2n) is 4.60. The van der Waals surface area contributed by atoms with E-state index in [4.69, 9.17) is 16.3 Å². The van der Waals surface area contributed by atoms with Gasteiger partial charge in [0.2, 0.25) is 5.88 Å². The van der Waals surface area contributed by atoms with Gasteiger partial charge in [0.15, 0.2) is 5.82 Å². The van der Waals surface area contributed by atoms with Gasteiger partial charge in [-0.05, 0) is 43.2 Å². The average Bonchev–Trinajstić information content (AvgIpc) is 2.36. The molecule has 0 saturated carbocycles. The van der Waals surface area contributed by atoms with Gasteiger partial charge in [0, 0.05) is 25.2 Å². The van der Waals surface area contributed by atoms with Crippen molar-refractivity contribution in [1.82, 2.24) is 10.2 Å². The number of anilines is 1. The molecule has 0 amide bonds. The largest absolute Gasteiger partial charge is 0.438 e. The smallest absolute Gasteiger partial charge is 0.238 e. The van der Waals surface area contributed by atoms with Crippen LogP contribution in [-0.2, 0) is 0 Å². The van der Waals surface area contributed by atoms with Crippen molar-refractivity contribution in [3.05, 3.63) is 40.4 Å². The molecule has 0 saturated heterocycles. The highest BCUT2D eigenvalue weighted by molar-refractivity contribution is 6.32. The van der Waals surface area contributed by atoms with Crippen LogP contribution < -0.4 is 9.64 Å². The molecule has 0 N–H and O–H groups in total. The summed E-state index contributed by atoms with van der Waals surface area (Å²) < 4.78 is 5.68. The molecule has 0 unspecified atom stereocenters. The number of aromatic nitrogens is 2. The Balaban J connectivity index is 2.21. The molecule has 0 aliphatic rings. The van der Waals surface area contributed by atoms with E-state index in [2.05, 4.69) is 10.2 Å². The van der Waals surface area contributed by atoms with E-state index in [-0.39, 0.29) is 0 Å². The molecule has 0 fully saturated rings. The third kappa shape index (κ3) is 3.15. The van der Waals surface area contributed by atoms with Crippen molar-refractivity contribution in [2.24, 2.45) is 0 Å². The summed E-state index contributed by atoms with van der Waals surface area (Å²) in [5, 5.41) is 8.86. The fraction of sp³-hybridized carbons (Fsp3) is 0.286. The Labute approximate surface area is 118 Å². The van der Waals surface area contributed by atoms with Crippen LogP contribution in [0.3, 0.4) is 0 Å². The average molecular weight is 278 g/mol. The van der Waals surface area contributed by atoms with Gasteiger partial charge in [0.25, 0.3) is 0 Å². The van der Waals surface area contributed by atoms with Gasteiger partial charge >= 0.3 is 0 Å². The van der Waals surface area contributed by atoms with E-state index in [0.717, 1.165) is 22.0 Å². The number of rotatable bonds is 3. The Morgan fingerprint density at radius 3 is 2.16 bits per heavy atom. The zero-order chi connectivity index (χ0) is 14.0. The Bertz CT molecular complexity index is 559. The van der Waals surface area contributed by atoms with Crippen molar-refractivity contribution in [3.8, 4) is 11.6 Å². The summed E-state index contributed by atoms with van der Waals surface area (Å²) in [6.45, 7) is 3.89. The minimum Gasteiger partial charge on any atom is -0.438 e. The Morgan fingerprint density at radius 1 is 1.05 bits per heavy atom. The van der Waals surface area contributed by atoms with Gasteiger partial charge in [-0.1, -0.05) is 11.6 Å². The Hall–Kier alpha value is -1.81. The van der Waals surface area contributed by atoms with Crippen molar-refractivity contribution in [1.29, 1.82) is 0 Å². The van der Waals surface area contributed by atoms with E-state index in [9.17, 15) is 0 Å². The fourth-order valence-corrected chi connectivity index (χ4v) is 1.80. The molecule has 100 valence electrons. The number of hydrogen-bond acceptors (Lipinski definition) is 4. The maximum Gasteiger partial charge on any atom is 0.238 e. The van der Waals surface area contributed by atoms with Crippen molar-refractivity contribution in [3.63, 3.8) is 0 Å². The van der Waals surface area contributed by atoms with Crippen LogP contribution in [0.25, 0.3) is 0 Å². The lowest BCUT2D eigenvalue weighted by molar-refractivity contribution is 0.454. The molecule has 0 radical (unpaired) electrons. The molecule has 1 aromatic heterocycles. The molecule has 5 heteroatoms. The lowest BCUT2D eigenvalue weighted by Crippen LogP contribution is -2.11. The summed E-state index contributed by atoms with van der Waals surface area (Å²) in [6.07, 6.45) is 0. The van der Waals surface area contributed by atoms with Crippen LogP contribution in [0.2, 0.25) is 5.02 Å². The first kappa shape index (κ1) is 13.6. The molecule has 0 spiro atoms. The predicted molar refractivity (Wildman–Crippen MR) is 77.4 cm³/mol. The van der Waals surface area contributed by atoms with E-state index in [1.165, 1.54) is 0 Å². The summed E-state index contributed by atoms with van der Waals surface area (Å²) in [5.41, 5.74) is 1.96. The van der Waals surface area contributed by atoms with Crippen molar-refractivity contribution in [2.75, 3.05) is 19.0 Å². The predicted octanol–water partition coefficient (Wildman–Crippen LogP) is 3.61. The molecule has 0 aliphatic heterocycles. The van der Waals surface area contributed by atoms with Crippen LogP contribution in [0.5, 0.6) is 11.6 Å². The molecule has 2 rings (SSSR count). The minimum atomic E-state index is 0.465. The number of benzene rings is 1. The van der Waals surface area contributed by atoms with Crippen LogP contribution in [0.1, 0.15) is 11.1 Å². The topological polar surface area (TPSA) is 38.2 Å². The SMILES string of the molecule is Cc1cc(Oc2ccc(N(C)C)nn2)cc(C)c1Cl. The molecule has 1 aromatic carbocycles. The molecule has 19 heavy (non-hydrogen) atoms. The van der Waals surface area contributed by atoms with E-state index in [0.29, 0.717) is 11.6 Å². The molecular formula is C14H16ClN3O. The highest BCUT2D eigenvalue weighted by Gasteiger charge is 2.06. The lowest BCUT2D eigenvalue weighted by atomic mass is 10.1. The van der Waals surface area contributed by atoms with Crippen LogP contribution in [0.15, 0.2) is 24.3 Å². The highest BCUT2D eigenvalue weighted by atomic mass is 35.5. The van der Waals surface area contributed by atoms with Crippen molar-refractivity contribution >= 4 is 17.4 Å². The van der Waals surface area contributed by atoms with Gasteiger partial charge < -0.3 is 9.64 Å². The number of hydrogen-bond donors (Lipinski definition) is 0. The number of ether oxygens (including phenoxy) is 1. The summed E-state index contributed by atoms with van der Waals surface area (Å²) in [4.78, 5) is 1.88. The van der Waals surface area contributed by atoms with Gasteiger partial charge in [-0.2, -0.15) is 0 Å². The first-order valence-electron chi connectivity index (χ1n) is 5.93. The van der Waals surface area contributed by atoms with Crippen molar-refractivity contribution < 1.29 is 4.74 Å². The molecule has 0 atom stereocenters. The lowest BCUT2D eigenvalue weighted by Gasteiger charge is -2.11. The van der Waals surface area contributed by atoms with E-state index >= 15 is 0 Å². The van der Waals surface area contributed by atoms with E-state index in [1.807, 2.05) is 51.0 Å². The van der Waals surface area contributed by atoms with Crippen LogP contribution in [-0.4, -0.2) is 24.3 Å². The molecule has 2 aromatic rings. The highest BCUT2D eigenvalue weighted by Crippen LogP contribution is 2.28. The molecule has 1 heterocycles. The third-order valence-corrected chi connectivity index (χ3v) is 3.31. The summed E-state index contributed by atoms with van der Waals surface area (Å²) in [6, 6.07) is 7.42. The van der Waals surface area contributed by atoms with Gasteiger partial charge in [-0.15, -0.1) is 10.2 Å². The van der Waals surface area contributed by atoms with Crippen molar-refractivity contribution in [2.45, 2.75) is 13.8 Å². The maximum absolute atomic E-state index is 6.12. The third-order valence-electron chi connectivity index (χ3n) is 2.72. The van der Waals surface area contributed by atoms with Crippen LogP contribution in [0, 0.1) is 13.8 Å². The zero-order valence-electron chi connectivity index (χ0n) is 11.4. The first-order chi connectivity index (χ1) is 8.97. The number of aryl methyl sites for hydroxylation is 2. The number of halogens is 1. The van der Waals surface area contributed by atoms with Gasteiger partial charge in [0.05, 0.1) is 0 Å². The summed E-state index contributed by atoms with van der Waals surface area (Å²) >= 11 is 6.12. The quantitative estimate of drug-likeness (QED) is 0.859. The van der Waals surface area contributed by atoms with Crippen LogP contribution in [0.4, 0.5) is 5.82 Å². The van der Waals surface area contributed by atoms with Gasteiger partial charge in [-0.25, -0.2) is 0 Å². The molecule has 0 bridgehead atoms. The minimum absolute atomic E-state index is 0.465. The standard InChI is InChI=1S/C14H16ClN3O/c1-9-7-11(8-10(2)14(9)15)19-13-6-5-12(16-17-13)18(3)4/h5-8H,1-4H3. The fourth-order valence-electron chi connectivity index (χ4n) is 1.69. The molecular weight excluding hydrogens is 262 g/mol. The van der Waals surface area contributed by atoms with E-state index < -0.39 is 0 Å². The zero-order valence-corrected chi connectivity index (χ0v) is 12.2. The second kappa shape index (κ2) is 5.45. The van der Waals surface area contributed by atoms with Gasteiger partial charge in [-0.3, -0.25) is 0 Å². The first-order valence-corrected chi connectivity index (χ1v) is 6.31. The Kier molecular flexibility index (Phi) is 3.90. The normalized spacial score (nSPS) is 10.4. The van der Waals surface area contributed by atoms with Gasteiger partial charge in [0.1, 0.15) is 5.75 Å². The molecule has 0 aliphatic carbocycles. The maximum atomic E-state index is 6.12. The number of nitrogens with zero attached hydrogens (tertiary/aromatic N) is 3.